The Hall–Kier alpha value is -2.09. The molecule has 10 heteroatoms. The molecular weight excluding hydrogens is 596 g/mol. The smallest absolute Gasteiger partial charge is 0.307 e. The van der Waals surface area contributed by atoms with Crippen molar-refractivity contribution in [2.75, 3.05) is 14.2 Å². The highest BCUT2D eigenvalue weighted by Crippen LogP contribution is 2.43. The molecule has 2 aromatic rings. The molecule has 0 aromatic heterocycles. The molecule has 0 aliphatic rings. The molecule has 1 N–H and O–H groups in total. The minimum Gasteiger partial charge on any atom is -0.493 e. The van der Waals surface area contributed by atoms with Crippen LogP contribution in [0.3, 0.4) is 0 Å². The molecule has 0 fully saturated rings. The number of hydrogen-bond acceptors (Lipinski definition) is 6. The maximum absolute atomic E-state index is 10.9. The fourth-order valence-electron chi connectivity index (χ4n) is 2.37. The fourth-order valence-corrected chi connectivity index (χ4v) is 4.48. The van der Waals surface area contributed by atoms with E-state index in [-0.39, 0.29) is 6.42 Å². The average Bonchev–Trinajstić information content (AvgIpc) is 2.61. The highest BCUT2D eigenvalue weighted by molar-refractivity contribution is 14.1. The quantitative estimate of drug-likeness (QED) is 0.265. The topological polar surface area (TPSA) is 108 Å². The molecule has 0 heterocycles. The zero-order chi connectivity index (χ0) is 20.8. The van der Waals surface area contributed by atoms with Crippen molar-refractivity contribution < 1.29 is 29.0 Å². The van der Waals surface area contributed by atoms with Crippen LogP contribution in [-0.2, 0) is 11.2 Å². The molecule has 0 saturated heterocycles. The van der Waals surface area contributed by atoms with Gasteiger partial charge >= 0.3 is 5.97 Å². The Morgan fingerprint density at radius 3 is 2.21 bits per heavy atom. The van der Waals surface area contributed by atoms with E-state index in [1.807, 2.05) is 0 Å². The average molecular weight is 611 g/mol. The van der Waals surface area contributed by atoms with Crippen LogP contribution in [0.2, 0.25) is 0 Å². The second-order valence-corrected chi connectivity index (χ2v) is 7.74. The zero-order valence-electron chi connectivity index (χ0n) is 14.8. The third-order valence-electron chi connectivity index (χ3n) is 3.48. The number of carboxylic acids is 1. The lowest BCUT2D eigenvalue weighted by molar-refractivity contribution is -0.400. The Morgan fingerprint density at radius 1 is 1.11 bits per heavy atom. The molecule has 8 nitrogen and oxygen atoms in total. The number of carboxylic acid groups (broad SMARTS) is 1. The maximum Gasteiger partial charge on any atom is 0.307 e. The van der Waals surface area contributed by atoms with Gasteiger partial charge in [-0.1, -0.05) is 0 Å². The first-order valence-electron chi connectivity index (χ1n) is 7.70. The minimum absolute atomic E-state index is 0.0927. The number of carbonyl (C=O) groups is 1. The molecule has 2 rings (SSSR count). The van der Waals surface area contributed by atoms with Crippen molar-refractivity contribution in [2.24, 2.45) is 0 Å². The molecular formula is C18H15I2NO7. The predicted octanol–water partition coefficient (Wildman–Crippen LogP) is 4.58. The Kier molecular flexibility index (Phi) is 7.86. The van der Waals surface area contributed by atoms with Crippen molar-refractivity contribution in [2.45, 2.75) is 6.42 Å². The van der Waals surface area contributed by atoms with E-state index in [2.05, 4.69) is 45.2 Å². The molecule has 2 aromatic carbocycles. The summed E-state index contributed by atoms with van der Waals surface area (Å²) < 4.78 is 18.2. The predicted molar refractivity (Wildman–Crippen MR) is 119 cm³/mol. The standard InChI is InChI=1S/C18H15I2NO7/c1-26-14-7-10(3-4-21(24)25)8-15(18(14)27-2)28-17-12(19)5-11(6-13(17)20)9-16(22)23/h3-8H,9H2,1-2H3,(H,22,23)/b4-3+. The van der Waals surface area contributed by atoms with E-state index in [9.17, 15) is 14.9 Å². The lowest BCUT2D eigenvalue weighted by Crippen LogP contribution is -2.02. The van der Waals surface area contributed by atoms with Gasteiger partial charge in [-0.25, -0.2) is 0 Å². The summed E-state index contributed by atoms with van der Waals surface area (Å²) >= 11 is 4.13. The monoisotopic (exact) mass is 611 g/mol. The highest BCUT2D eigenvalue weighted by atomic mass is 127. The van der Waals surface area contributed by atoms with Crippen molar-refractivity contribution in [3.63, 3.8) is 0 Å². The number of nitrogens with zero attached hydrogens (tertiary/aromatic N) is 1. The molecule has 148 valence electrons. The summed E-state index contributed by atoms with van der Waals surface area (Å²) in [4.78, 5) is 21.0. The number of aliphatic carboxylic acids is 1. The number of nitro groups is 1. The summed E-state index contributed by atoms with van der Waals surface area (Å²) in [6.07, 6.45) is 2.05. The first-order chi connectivity index (χ1) is 13.2. The second kappa shape index (κ2) is 9.91. The Morgan fingerprint density at radius 2 is 1.71 bits per heavy atom. The van der Waals surface area contributed by atoms with Gasteiger partial charge in [0.25, 0.3) is 0 Å². The van der Waals surface area contributed by atoms with Gasteiger partial charge in [-0.2, -0.15) is 0 Å². The van der Waals surface area contributed by atoms with E-state index in [1.165, 1.54) is 20.3 Å². The molecule has 0 amide bonds. The van der Waals surface area contributed by atoms with Crippen molar-refractivity contribution >= 4 is 57.2 Å². The molecule has 0 aliphatic carbocycles. The first-order valence-corrected chi connectivity index (χ1v) is 9.86. The van der Waals surface area contributed by atoms with Gasteiger partial charge in [0, 0.05) is 6.08 Å². The first kappa shape index (κ1) is 22.2. The van der Waals surface area contributed by atoms with Crippen LogP contribution in [0.5, 0.6) is 23.0 Å². The highest BCUT2D eigenvalue weighted by Gasteiger charge is 2.18. The van der Waals surface area contributed by atoms with Crippen LogP contribution in [0.25, 0.3) is 6.08 Å². The van der Waals surface area contributed by atoms with Gasteiger partial charge in [-0.3, -0.25) is 14.9 Å². The minimum atomic E-state index is -0.919. The molecule has 0 spiro atoms. The van der Waals surface area contributed by atoms with Crippen molar-refractivity contribution in [3.8, 4) is 23.0 Å². The van der Waals surface area contributed by atoms with Crippen LogP contribution in [0, 0.1) is 17.3 Å². The van der Waals surface area contributed by atoms with E-state index in [0.717, 1.165) is 6.20 Å². The van der Waals surface area contributed by atoms with Crippen LogP contribution in [-0.4, -0.2) is 30.2 Å². The lowest BCUT2D eigenvalue weighted by Gasteiger charge is -2.17. The van der Waals surface area contributed by atoms with E-state index in [0.29, 0.717) is 41.3 Å². The number of ether oxygens (including phenoxy) is 3. The van der Waals surface area contributed by atoms with Crippen molar-refractivity contribution in [3.05, 3.63) is 58.8 Å². The summed E-state index contributed by atoms with van der Waals surface area (Å²) in [7, 11) is 2.92. The summed E-state index contributed by atoms with van der Waals surface area (Å²) in [6, 6.07) is 6.65. The van der Waals surface area contributed by atoms with Gasteiger partial charge in [0.05, 0.1) is 32.7 Å². The number of benzene rings is 2. The third-order valence-corrected chi connectivity index (χ3v) is 5.08. The number of hydrogen-bond donors (Lipinski definition) is 1. The molecule has 0 radical (unpaired) electrons. The van der Waals surface area contributed by atoms with E-state index in [1.54, 1.807) is 24.3 Å². The molecule has 0 bridgehead atoms. The van der Waals surface area contributed by atoms with Crippen LogP contribution in [0.4, 0.5) is 0 Å². The maximum atomic E-state index is 10.9. The van der Waals surface area contributed by atoms with Crippen molar-refractivity contribution in [1.82, 2.24) is 0 Å². The Balaban J connectivity index is 2.51. The summed E-state index contributed by atoms with van der Waals surface area (Å²) in [5.74, 6) is 0.604. The second-order valence-electron chi connectivity index (χ2n) is 5.42. The molecule has 28 heavy (non-hydrogen) atoms. The van der Waals surface area contributed by atoms with E-state index >= 15 is 0 Å². The Labute approximate surface area is 187 Å². The molecule has 0 atom stereocenters. The summed E-state index contributed by atoms with van der Waals surface area (Å²) in [5.41, 5.74) is 1.15. The third kappa shape index (κ3) is 5.70. The van der Waals surface area contributed by atoms with Gasteiger partial charge in [-0.15, -0.1) is 0 Å². The van der Waals surface area contributed by atoms with Crippen LogP contribution in [0.1, 0.15) is 11.1 Å². The lowest BCUT2D eigenvalue weighted by atomic mass is 10.1. The Bertz CT molecular complexity index is 921. The fraction of sp³-hybridized carbons (Fsp3) is 0.167. The van der Waals surface area contributed by atoms with Gasteiger partial charge in [0.2, 0.25) is 11.9 Å². The van der Waals surface area contributed by atoms with Crippen LogP contribution < -0.4 is 14.2 Å². The van der Waals surface area contributed by atoms with Crippen molar-refractivity contribution in [1.29, 1.82) is 0 Å². The molecule has 0 aliphatic heterocycles. The van der Waals surface area contributed by atoms with Crippen LogP contribution in [0.15, 0.2) is 30.5 Å². The van der Waals surface area contributed by atoms with Gasteiger partial charge in [0.1, 0.15) is 0 Å². The molecule has 0 unspecified atom stereocenters. The van der Waals surface area contributed by atoms with E-state index in [4.69, 9.17) is 19.3 Å². The SMILES string of the molecule is COc1cc(/C=C/[N+](=O)[O-])cc(Oc2c(I)cc(CC(=O)O)cc2I)c1OC. The summed E-state index contributed by atoms with van der Waals surface area (Å²) in [5, 5.41) is 19.6. The van der Waals surface area contributed by atoms with Gasteiger partial charge in [-0.05, 0) is 80.6 Å². The van der Waals surface area contributed by atoms with Gasteiger partial charge in [0.15, 0.2) is 17.2 Å². The number of halogens is 2. The van der Waals surface area contributed by atoms with E-state index < -0.39 is 10.9 Å². The largest absolute Gasteiger partial charge is 0.493 e. The normalized spacial score (nSPS) is 10.7. The van der Waals surface area contributed by atoms with Crippen LogP contribution >= 0.6 is 45.2 Å². The number of methoxy groups -OCH3 is 2. The molecule has 0 saturated carbocycles. The summed E-state index contributed by atoms with van der Waals surface area (Å²) in [6.45, 7) is 0. The van der Waals surface area contributed by atoms with Gasteiger partial charge < -0.3 is 19.3 Å². The zero-order valence-corrected chi connectivity index (χ0v) is 19.1. The number of rotatable bonds is 8.